The van der Waals surface area contributed by atoms with Gasteiger partial charge in [0.1, 0.15) is 18.3 Å². The fraction of sp³-hybridized carbons (Fsp3) is 0.500. The molecule has 2 amide bonds. The van der Waals surface area contributed by atoms with Crippen LogP contribution in [0, 0.1) is 13.8 Å². The molecule has 0 aromatic heterocycles. The zero-order chi connectivity index (χ0) is 27.2. The lowest BCUT2D eigenvalue weighted by Crippen LogP contribution is -2.53. The number of aryl methyl sites for hydroxylation is 2. The Morgan fingerprint density at radius 1 is 1.05 bits per heavy atom. The van der Waals surface area contributed by atoms with Gasteiger partial charge in [0.25, 0.3) is 0 Å². The van der Waals surface area contributed by atoms with Crippen LogP contribution in [0.1, 0.15) is 55.7 Å². The molecule has 3 rings (SSSR count). The van der Waals surface area contributed by atoms with Gasteiger partial charge in [-0.05, 0) is 56.4 Å². The van der Waals surface area contributed by atoms with Crippen LogP contribution in [0.3, 0.4) is 0 Å². The van der Waals surface area contributed by atoms with Crippen molar-refractivity contribution in [2.75, 3.05) is 24.2 Å². The number of benzene rings is 2. The van der Waals surface area contributed by atoms with E-state index in [9.17, 15) is 18.0 Å². The standard InChI is InChI=1S/C28H39N3O5S/c1-6-24(28(33)29-23-9-7-8-10-23)30(18-22-14-11-20(2)12-15-22)27(32)19-31(37(5,34)35)25-17-21(3)13-16-26(25)36-4/h11-17,23-24H,6-10,18-19H2,1-5H3,(H,29,33). The van der Waals surface area contributed by atoms with Crippen LogP contribution in [0.5, 0.6) is 5.75 Å². The first kappa shape index (κ1) is 28.5. The van der Waals surface area contributed by atoms with E-state index in [2.05, 4.69) is 5.32 Å². The van der Waals surface area contributed by atoms with Crippen molar-refractivity contribution in [3.05, 3.63) is 59.2 Å². The fourth-order valence-corrected chi connectivity index (χ4v) is 5.61. The molecule has 1 fully saturated rings. The van der Waals surface area contributed by atoms with Crippen LogP contribution in [-0.4, -0.2) is 57.1 Å². The maximum Gasteiger partial charge on any atom is 0.244 e. The molecule has 9 heteroatoms. The number of sulfonamides is 1. The average molecular weight is 530 g/mol. The number of nitrogens with zero attached hydrogens (tertiary/aromatic N) is 2. The quantitative estimate of drug-likeness (QED) is 0.476. The second kappa shape index (κ2) is 12.4. The van der Waals surface area contributed by atoms with E-state index in [4.69, 9.17) is 4.74 Å². The summed E-state index contributed by atoms with van der Waals surface area (Å²) in [7, 11) is -2.38. The molecule has 1 aliphatic carbocycles. The third-order valence-corrected chi connectivity index (χ3v) is 7.97. The van der Waals surface area contributed by atoms with Crippen molar-refractivity contribution >= 4 is 27.5 Å². The first-order valence-corrected chi connectivity index (χ1v) is 14.7. The van der Waals surface area contributed by atoms with E-state index >= 15 is 0 Å². The number of carbonyl (C=O) groups is 2. The summed E-state index contributed by atoms with van der Waals surface area (Å²) in [6.45, 7) is 5.44. The molecular weight excluding hydrogens is 490 g/mol. The molecule has 2 aromatic rings. The number of anilines is 1. The van der Waals surface area contributed by atoms with Crippen LogP contribution < -0.4 is 14.4 Å². The van der Waals surface area contributed by atoms with Gasteiger partial charge >= 0.3 is 0 Å². The second-order valence-corrected chi connectivity index (χ2v) is 11.8. The SMILES string of the molecule is CCC(C(=O)NC1CCCC1)N(Cc1ccc(C)cc1)C(=O)CN(c1cc(C)ccc1OC)S(C)(=O)=O. The third-order valence-electron chi connectivity index (χ3n) is 6.84. The number of hydrogen-bond acceptors (Lipinski definition) is 5. The first-order valence-electron chi connectivity index (χ1n) is 12.8. The highest BCUT2D eigenvalue weighted by Gasteiger charge is 2.33. The Kier molecular flexibility index (Phi) is 9.59. The first-order chi connectivity index (χ1) is 17.5. The molecule has 1 aliphatic rings. The molecule has 0 saturated heterocycles. The number of hydrogen-bond donors (Lipinski definition) is 1. The predicted octanol–water partition coefficient (Wildman–Crippen LogP) is 3.94. The summed E-state index contributed by atoms with van der Waals surface area (Å²) >= 11 is 0. The Morgan fingerprint density at radius 2 is 1.68 bits per heavy atom. The van der Waals surface area contributed by atoms with E-state index in [0.29, 0.717) is 12.2 Å². The molecule has 1 unspecified atom stereocenters. The third kappa shape index (κ3) is 7.47. The zero-order valence-corrected chi connectivity index (χ0v) is 23.3. The number of nitrogens with one attached hydrogen (secondary N) is 1. The normalized spacial score (nSPS) is 14.7. The number of methoxy groups -OCH3 is 1. The summed E-state index contributed by atoms with van der Waals surface area (Å²) in [6.07, 6.45) is 5.50. The number of rotatable bonds is 11. The Morgan fingerprint density at radius 3 is 2.24 bits per heavy atom. The van der Waals surface area contributed by atoms with E-state index in [0.717, 1.165) is 52.9 Å². The van der Waals surface area contributed by atoms with Crippen LogP contribution in [0.25, 0.3) is 0 Å². The van der Waals surface area contributed by atoms with Crippen molar-refractivity contribution in [1.29, 1.82) is 0 Å². The maximum atomic E-state index is 13.9. The molecular formula is C28H39N3O5S. The molecule has 0 aliphatic heterocycles. The molecule has 2 aromatic carbocycles. The maximum absolute atomic E-state index is 13.9. The summed E-state index contributed by atoms with van der Waals surface area (Å²) in [6, 6.07) is 12.3. The van der Waals surface area contributed by atoms with E-state index in [1.807, 2.05) is 51.1 Å². The van der Waals surface area contributed by atoms with Crippen LogP contribution in [0.2, 0.25) is 0 Å². The topological polar surface area (TPSA) is 96.0 Å². The predicted molar refractivity (Wildman–Crippen MR) is 146 cm³/mol. The largest absolute Gasteiger partial charge is 0.495 e. The lowest BCUT2D eigenvalue weighted by Gasteiger charge is -2.33. The highest BCUT2D eigenvalue weighted by molar-refractivity contribution is 7.92. The van der Waals surface area contributed by atoms with Crippen LogP contribution >= 0.6 is 0 Å². The molecule has 0 spiro atoms. The highest BCUT2D eigenvalue weighted by Crippen LogP contribution is 2.31. The summed E-state index contributed by atoms with van der Waals surface area (Å²) in [5.74, 6) is -0.309. The van der Waals surface area contributed by atoms with Crippen LogP contribution in [0.4, 0.5) is 5.69 Å². The molecule has 0 bridgehead atoms. The van der Waals surface area contributed by atoms with Gasteiger partial charge in [-0.3, -0.25) is 13.9 Å². The molecule has 8 nitrogen and oxygen atoms in total. The van der Waals surface area contributed by atoms with Crippen molar-refractivity contribution in [1.82, 2.24) is 10.2 Å². The van der Waals surface area contributed by atoms with E-state index in [1.54, 1.807) is 12.1 Å². The summed E-state index contributed by atoms with van der Waals surface area (Å²) in [4.78, 5) is 28.7. The molecule has 1 saturated carbocycles. The van der Waals surface area contributed by atoms with Crippen molar-refractivity contribution in [3.63, 3.8) is 0 Å². The molecule has 0 heterocycles. The van der Waals surface area contributed by atoms with E-state index in [1.165, 1.54) is 12.0 Å². The smallest absolute Gasteiger partial charge is 0.244 e. The van der Waals surface area contributed by atoms with Gasteiger partial charge in [-0.2, -0.15) is 0 Å². The minimum absolute atomic E-state index is 0.113. The van der Waals surface area contributed by atoms with Crippen molar-refractivity contribution < 1.29 is 22.7 Å². The lowest BCUT2D eigenvalue weighted by atomic mass is 10.1. The molecule has 1 atom stereocenters. The van der Waals surface area contributed by atoms with Crippen molar-refractivity contribution in [2.24, 2.45) is 0 Å². The summed E-state index contributed by atoms with van der Waals surface area (Å²) < 4.78 is 32.2. The van der Waals surface area contributed by atoms with Gasteiger partial charge < -0.3 is 15.0 Å². The Balaban J connectivity index is 1.96. The number of ether oxygens (including phenoxy) is 1. The van der Waals surface area contributed by atoms with E-state index < -0.39 is 28.5 Å². The second-order valence-electron chi connectivity index (χ2n) is 9.87. The van der Waals surface area contributed by atoms with Crippen LogP contribution in [0.15, 0.2) is 42.5 Å². The van der Waals surface area contributed by atoms with Gasteiger partial charge in [0.15, 0.2) is 0 Å². The highest BCUT2D eigenvalue weighted by atomic mass is 32.2. The Labute approximate surface area is 221 Å². The van der Waals surface area contributed by atoms with Crippen molar-refractivity contribution in [2.45, 2.75) is 71.5 Å². The molecule has 1 N–H and O–H groups in total. The van der Waals surface area contributed by atoms with Gasteiger partial charge in [0, 0.05) is 12.6 Å². The minimum atomic E-state index is -3.84. The number of carbonyl (C=O) groups excluding carboxylic acids is 2. The monoisotopic (exact) mass is 529 g/mol. The van der Waals surface area contributed by atoms with Crippen LogP contribution in [-0.2, 0) is 26.2 Å². The minimum Gasteiger partial charge on any atom is -0.495 e. The van der Waals surface area contributed by atoms with Gasteiger partial charge in [0.2, 0.25) is 21.8 Å². The lowest BCUT2D eigenvalue weighted by molar-refractivity contribution is -0.140. The van der Waals surface area contributed by atoms with Gasteiger partial charge in [0.05, 0.1) is 19.1 Å². The Hall–Kier alpha value is -3.07. The van der Waals surface area contributed by atoms with Gasteiger partial charge in [-0.1, -0.05) is 55.7 Å². The molecule has 37 heavy (non-hydrogen) atoms. The molecule has 0 radical (unpaired) electrons. The van der Waals surface area contributed by atoms with Gasteiger partial charge in [-0.25, -0.2) is 8.42 Å². The Bertz CT molecular complexity index is 1190. The van der Waals surface area contributed by atoms with E-state index in [-0.39, 0.29) is 24.2 Å². The number of amides is 2. The summed E-state index contributed by atoms with van der Waals surface area (Å²) in [5.41, 5.74) is 3.07. The fourth-order valence-electron chi connectivity index (χ4n) is 4.77. The summed E-state index contributed by atoms with van der Waals surface area (Å²) in [5, 5.41) is 3.12. The molecule has 202 valence electrons. The average Bonchev–Trinajstić information content (AvgIpc) is 3.35. The van der Waals surface area contributed by atoms with Crippen molar-refractivity contribution in [3.8, 4) is 5.75 Å². The van der Waals surface area contributed by atoms with Gasteiger partial charge in [-0.15, -0.1) is 0 Å². The zero-order valence-electron chi connectivity index (χ0n) is 22.5.